The van der Waals surface area contributed by atoms with Crippen molar-refractivity contribution in [3.05, 3.63) is 17.8 Å². The topological polar surface area (TPSA) is 110 Å². The Morgan fingerprint density at radius 3 is 2.77 bits per heavy atom. The number of carbonyl (C=O) groups is 3. The summed E-state index contributed by atoms with van der Waals surface area (Å²) >= 11 is 2.50. The van der Waals surface area contributed by atoms with Crippen LogP contribution in [0, 0.1) is 0 Å². The molecule has 0 aliphatic heterocycles. The second kappa shape index (κ2) is 8.80. The van der Waals surface area contributed by atoms with Gasteiger partial charge in [-0.1, -0.05) is 11.8 Å². The standard InChI is InChI=1S/C13H11F3N4O4S2/c14-13(15,16)5-17-12(23)20-8(21)3-24-9(22)4-26-11-7-1-2-25-10(7)18-6-19-11/h1-2,6H,3-5H2,(H2,17,20,21,23). The van der Waals surface area contributed by atoms with Crippen LogP contribution in [-0.2, 0) is 14.3 Å². The van der Waals surface area contributed by atoms with Crippen molar-refractivity contribution in [2.75, 3.05) is 18.9 Å². The zero-order valence-electron chi connectivity index (χ0n) is 12.8. The van der Waals surface area contributed by atoms with Gasteiger partial charge in [-0.15, -0.1) is 11.3 Å². The fourth-order valence-electron chi connectivity index (χ4n) is 1.58. The van der Waals surface area contributed by atoms with Gasteiger partial charge in [0.1, 0.15) is 22.7 Å². The second-order valence-electron chi connectivity index (χ2n) is 4.61. The number of thioether (sulfide) groups is 1. The normalized spacial score (nSPS) is 11.2. The van der Waals surface area contributed by atoms with Crippen molar-refractivity contribution in [3.8, 4) is 0 Å². The van der Waals surface area contributed by atoms with E-state index in [-0.39, 0.29) is 5.75 Å². The van der Waals surface area contributed by atoms with E-state index in [1.54, 1.807) is 11.4 Å². The highest BCUT2D eigenvalue weighted by Gasteiger charge is 2.28. The maximum Gasteiger partial charge on any atom is 0.405 e. The maximum atomic E-state index is 11.9. The Morgan fingerprint density at radius 2 is 2.04 bits per heavy atom. The molecule has 2 N–H and O–H groups in total. The van der Waals surface area contributed by atoms with Crippen molar-refractivity contribution in [2.45, 2.75) is 11.2 Å². The van der Waals surface area contributed by atoms with E-state index in [2.05, 4.69) is 14.7 Å². The summed E-state index contributed by atoms with van der Waals surface area (Å²) in [5, 5.41) is 6.25. The molecule has 0 radical (unpaired) electrons. The number of fused-ring (bicyclic) bond motifs is 1. The number of amides is 3. The highest BCUT2D eigenvalue weighted by atomic mass is 32.2. The lowest BCUT2D eigenvalue weighted by Gasteiger charge is -2.09. The quantitative estimate of drug-likeness (QED) is 0.425. The number of halogens is 3. The molecule has 8 nitrogen and oxygen atoms in total. The summed E-state index contributed by atoms with van der Waals surface area (Å²) < 4.78 is 40.4. The van der Waals surface area contributed by atoms with Crippen LogP contribution in [0.25, 0.3) is 10.2 Å². The van der Waals surface area contributed by atoms with Crippen LogP contribution >= 0.6 is 23.1 Å². The fraction of sp³-hybridized carbons (Fsp3) is 0.308. The first kappa shape index (κ1) is 19.9. The van der Waals surface area contributed by atoms with Crippen LogP contribution < -0.4 is 10.6 Å². The van der Waals surface area contributed by atoms with Crippen LogP contribution in [-0.4, -0.2) is 53.0 Å². The zero-order valence-corrected chi connectivity index (χ0v) is 14.5. The van der Waals surface area contributed by atoms with Gasteiger partial charge in [0.15, 0.2) is 6.61 Å². The highest BCUT2D eigenvalue weighted by molar-refractivity contribution is 8.00. The monoisotopic (exact) mass is 408 g/mol. The van der Waals surface area contributed by atoms with Crippen LogP contribution in [0.15, 0.2) is 22.8 Å². The van der Waals surface area contributed by atoms with Gasteiger partial charge < -0.3 is 10.1 Å². The fourth-order valence-corrected chi connectivity index (χ4v) is 3.16. The van der Waals surface area contributed by atoms with Crippen LogP contribution in [0.2, 0.25) is 0 Å². The molecule has 0 bridgehead atoms. The first-order valence-electron chi connectivity index (χ1n) is 6.85. The zero-order chi connectivity index (χ0) is 19.2. The minimum Gasteiger partial charge on any atom is -0.455 e. The molecule has 3 amide bonds. The molecule has 0 aliphatic rings. The van der Waals surface area contributed by atoms with Crippen molar-refractivity contribution in [1.29, 1.82) is 0 Å². The number of imide groups is 1. The number of nitrogens with one attached hydrogen (secondary N) is 2. The van der Waals surface area contributed by atoms with E-state index >= 15 is 0 Å². The minimum atomic E-state index is -4.60. The molecular formula is C13H11F3N4O4S2. The number of alkyl halides is 3. The van der Waals surface area contributed by atoms with E-state index < -0.39 is 37.2 Å². The molecular weight excluding hydrogens is 397 g/mol. The summed E-state index contributed by atoms with van der Waals surface area (Å²) in [6.07, 6.45) is -3.24. The third-order valence-electron chi connectivity index (χ3n) is 2.62. The average molecular weight is 408 g/mol. The molecule has 2 aromatic rings. The summed E-state index contributed by atoms with van der Waals surface area (Å²) in [5.74, 6) is -1.94. The van der Waals surface area contributed by atoms with E-state index in [9.17, 15) is 27.6 Å². The number of aromatic nitrogens is 2. The predicted molar refractivity (Wildman–Crippen MR) is 86.7 cm³/mol. The largest absolute Gasteiger partial charge is 0.455 e. The van der Waals surface area contributed by atoms with Crippen LogP contribution in [0.5, 0.6) is 0 Å². The highest BCUT2D eigenvalue weighted by Crippen LogP contribution is 2.27. The van der Waals surface area contributed by atoms with Crippen LogP contribution in [0.3, 0.4) is 0 Å². The van der Waals surface area contributed by atoms with E-state index in [1.807, 2.05) is 5.38 Å². The summed E-state index contributed by atoms with van der Waals surface area (Å²) in [5.41, 5.74) is 0. The smallest absolute Gasteiger partial charge is 0.405 e. The molecule has 0 saturated carbocycles. The number of ether oxygens (including phenoxy) is 1. The molecule has 0 aromatic carbocycles. The molecule has 0 atom stereocenters. The Bertz CT molecular complexity index is 812. The van der Waals surface area contributed by atoms with Gasteiger partial charge >= 0.3 is 18.2 Å². The van der Waals surface area contributed by atoms with Gasteiger partial charge in [-0.05, 0) is 11.4 Å². The van der Waals surface area contributed by atoms with E-state index in [1.165, 1.54) is 23.0 Å². The number of rotatable bonds is 6. The Labute approximate surface area is 152 Å². The molecule has 2 rings (SSSR count). The molecule has 0 aliphatic carbocycles. The van der Waals surface area contributed by atoms with E-state index in [0.29, 0.717) is 5.03 Å². The van der Waals surface area contributed by atoms with Gasteiger partial charge in [-0.25, -0.2) is 14.8 Å². The minimum absolute atomic E-state index is 0.143. The van der Waals surface area contributed by atoms with Gasteiger partial charge in [-0.2, -0.15) is 13.2 Å². The summed E-state index contributed by atoms with van der Waals surface area (Å²) in [6, 6.07) is 0.472. The molecule has 26 heavy (non-hydrogen) atoms. The first-order valence-corrected chi connectivity index (χ1v) is 8.72. The van der Waals surface area contributed by atoms with E-state index in [4.69, 9.17) is 0 Å². The van der Waals surface area contributed by atoms with Crippen molar-refractivity contribution >= 4 is 51.2 Å². The van der Waals surface area contributed by atoms with E-state index in [0.717, 1.165) is 22.0 Å². The summed E-state index contributed by atoms with van der Waals surface area (Å²) in [4.78, 5) is 42.9. The van der Waals surface area contributed by atoms with Gasteiger partial charge in [0.2, 0.25) is 0 Å². The number of thiophene rings is 1. The molecule has 0 spiro atoms. The lowest BCUT2D eigenvalue weighted by molar-refractivity contribution is -0.145. The van der Waals surface area contributed by atoms with Crippen LogP contribution in [0.1, 0.15) is 0 Å². The number of hydrogen-bond donors (Lipinski definition) is 2. The second-order valence-corrected chi connectivity index (χ2v) is 6.47. The SMILES string of the molecule is O=C(COC(=O)CSc1ncnc2sccc12)NC(=O)NCC(F)(F)F. The molecule has 13 heteroatoms. The lowest BCUT2D eigenvalue weighted by atomic mass is 10.4. The van der Waals surface area contributed by atoms with Crippen LogP contribution in [0.4, 0.5) is 18.0 Å². The molecule has 0 unspecified atom stereocenters. The molecule has 0 saturated heterocycles. The van der Waals surface area contributed by atoms with Gasteiger partial charge in [0.05, 0.1) is 5.75 Å². The third-order valence-corrected chi connectivity index (χ3v) is 4.42. The van der Waals surface area contributed by atoms with Gasteiger partial charge in [-0.3, -0.25) is 14.9 Å². The van der Waals surface area contributed by atoms with Crippen molar-refractivity contribution in [1.82, 2.24) is 20.6 Å². The lowest BCUT2D eigenvalue weighted by Crippen LogP contribution is -2.44. The average Bonchev–Trinajstić information content (AvgIpc) is 3.05. The molecule has 2 aromatic heterocycles. The Hall–Kier alpha value is -2.41. The molecule has 0 fully saturated rings. The summed E-state index contributed by atoms with van der Waals surface area (Å²) in [7, 11) is 0. The Balaban J connectivity index is 1.70. The number of urea groups is 1. The number of nitrogens with zero attached hydrogens (tertiary/aromatic N) is 2. The summed E-state index contributed by atoms with van der Waals surface area (Å²) in [6.45, 7) is -2.38. The predicted octanol–water partition coefficient (Wildman–Crippen LogP) is 1.71. The third kappa shape index (κ3) is 6.48. The van der Waals surface area contributed by atoms with Crippen molar-refractivity contribution < 1.29 is 32.3 Å². The van der Waals surface area contributed by atoms with Crippen molar-refractivity contribution in [3.63, 3.8) is 0 Å². The van der Waals surface area contributed by atoms with Gasteiger partial charge in [0, 0.05) is 5.39 Å². The Morgan fingerprint density at radius 1 is 1.27 bits per heavy atom. The molecule has 2 heterocycles. The van der Waals surface area contributed by atoms with Gasteiger partial charge in [0.25, 0.3) is 5.91 Å². The number of hydrogen-bond acceptors (Lipinski definition) is 8. The maximum absolute atomic E-state index is 11.9. The first-order chi connectivity index (χ1) is 12.2. The molecule has 140 valence electrons. The Kier molecular flexibility index (Phi) is 6.74. The number of carbonyl (C=O) groups excluding carboxylic acids is 3. The number of esters is 1. The van der Waals surface area contributed by atoms with Crippen molar-refractivity contribution in [2.24, 2.45) is 0 Å².